The Labute approximate surface area is 78.1 Å². The van der Waals surface area contributed by atoms with Gasteiger partial charge in [-0.2, -0.15) is 0 Å². The number of aryl methyl sites for hydroxylation is 1. The van der Waals surface area contributed by atoms with Crippen LogP contribution in [0.15, 0.2) is 6.07 Å². The Balaban J connectivity index is 2.37. The van der Waals surface area contributed by atoms with Crippen molar-refractivity contribution in [2.75, 3.05) is 7.11 Å². The third-order valence-electron chi connectivity index (χ3n) is 2.37. The van der Waals surface area contributed by atoms with Crippen molar-refractivity contribution in [1.29, 1.82) is 0 Å². The molecule has 1 aromatic heterocycles. The molecule has 0 saturated heterocycles. The Bertz CT molecular complexity index is 323. The number of methoxy groups -OCH3 is 1. The van der Waals surface area contributed by atoms with Gasteiger partial charge in [0.25, 0.3) is 0 Å². The van der Waals surface area contributed by atoms with E-state index in [0.717, 1.165) is 18.8 Å². The monoisotopic (exact) mass is 178 g/mol. The van der Waals surface area contributed by atoms with Crippen molar-refractivity contribution in [3.05, 3.63) is 28.6 Å². The maximum absolute atomic E-state index is 5.06. The number of hydrogen-bond acceptors (Lipinski definition) is 3. The number of fused-ring (bicyclic) bond motifs is 1. The molecule has 13 heavy (non-hydrogen) atoms. The van der Waals surface area contributed by atoms with Crippen molar-refractivity contribution in [2.45, 2.75) is 26.6 Å². The molecular formula is C10H14N2O. The Morgan fingerprint density at radius 1 is 1.54 bits per heavy atom. The average molecular weight is 178 g/mol. The molecule has 1 N–H and O–H groups in total. The molecule has 0 aromatic carbocycles. The molecular weight excluding hydrogens is 164 g/mol. The quantitative estimate of drug-likeness (QED) is 0.737. The van der Waals surface area contributed by atoms with E-state index in [0.29, 0.717) is 6.61 Å². The first-order valence-corrected chi connectivity index (χ1v) is 4.49. The average Bonchev–Trinajstić information content (AvgIpc) is 2.53. The minimum atomic E-state index is 0.605. The summed E-state index contributed by atoms with van der Waals surface area (Å²) in [6.45, 7) is 4.59. The van der Waals surface area contributed by atoms with Gasteiger partial charge in [-0.05, 0) is 24.1 Å². The van der Waals surface area contributed by atoms with Crippen LogP contribution in [0.5, 0.6) is 0 Å². The molecule has 0 spiro atoms. The lowest BCUT2D eigenvalue weighted by molar-refractivity contribution is 0.181. The largest absolute Gasteiger partial charge is 0.378 e. The van der Waals surface area contributed by atoms with Gasteiger partial charge >= 0.3 is 0 Å². The lowest BCUT2D eigenvalue weighted by Gasteiger charge is -2.05. The summed E-state index contributed by atoms with van der Waals surface area (Å²) in [7, 11) is 1.70. The molecule has 0 radical (unpaired) electrons. The molecule has 1 aliphatic heterocycles. The third kappa shape index (κ3) is 1.57. The van der Waals surface area contributed by atoms with Crippen LogP contribution in [0.4, 0.5) is 0 Å². The van der Waals surface area contributed by atoms with Crippen LogP contribution in [0, 0.1) is 6.92 Å². The van der Waals surface area contributed by atoms with Gasteiger partial charge in [-0.3, -0.25) is 4.98 Å². The highest BCUT2D eigenvalue weighted by Crippen LogP contribution is 2.18. The van der Waals surface area contributed by atoms with Gasteiger partial charge in [0.15, 0.2) is 0 Å². The van der Waals surface area contributed by atoms with Crippen LogP contribution in [-0.2, 0) is 24.4 Å². The molecule has 1 aliphatic rings. The molecule has 2 heterocycles. The summed E-state index contributed by atoms with van der Waals surface area (Å²) < 4.78 is 5.06. The zero-order valence-corrected chi connectivity index (χ0v) is 8.05. The van der Waals surface area contributed by atoms with Gasteiger partial charge in [-0.1, -0.05) is 0 Å². The fourth-order valence-corrected chi connectivity index (χ4v) is 1.75. The Hall–Kier alpha value is -0.930. The highest BCUT2D eigenvalue weighted by atomic mass is 16.5. The van der Waals surface area contributed by atoms with Crippen molar-refractivity contribution >= 4 is 0 Å². The second-order valence-corrected chi connectivity index (χ2v) is 3.39. The van der Waals surface area contributed by atoms with Gasteiger partial charge in [-0.15, -0.1) is 0 Å². The molecule has 1 aromatic rings. The number of nitrogens with one attached hydrogen (secondary N) is 1. The van der Waals surface area contributed by atoms with Crippen molar-refractivity contribution < 1.29 is 4.74 Å². The molecule has 3 heteroatoms. The van der Waals surface area contributed by atoms with E-state index in [2.05, 4.69) is 23.3 Å². The van der Waals surface area contributed by atoms with Crippen molar-refractivity contribution in [3.63, 3.8) is 0 Å². The van der Waals surface area contributed by atoms with E-state index in [-0.39, 0.29) is 0 Å². The van der Waals surface area contributed by atoms with Crippen LogP contribution in [0.3, 0.4) is 0 Å². The fourth-order valence-electron chi connectivity index (χ4n) is 1.75. The Morgan fingerprint density at radius 2 is 2.38 bits per heavy atom. The summed E-state index contributed by atoms with van der Waals surface area (Å²) in [5.74, 6) is 0. The lowest BCUT2D eigenvalue weighted by atomic mass is 10.1. The van der Waals surface area contributed by atoms with Crippen molar-refractivity contribution in [3.8, 4) is 0 Å². The van der Waals surface area contributed by atoms with E-state index in [9.17, 15) is 0 Å². The van der Waals surface area contributed by atoms with E-state index >= 15 is 0 Å². The molecule has 0 saturated carbocycles. The Morgan fingerprint density at radius 3 is 3.15 bits per heavy atom. The van der Waals surface area contributed by atoms with Gasteiger partial charge in [0.2, 0.25) is 0 Å². The summed E-state index contributed by atoms with van der Waals surface area (Å²) in [5.41, 5.74) is 4.90. The molecule has 70 valence electrons. The zero-order chi connectivity index (χ0) is 9.26. The maximum atomic E-state index is 5.06. The summed E-state index contributed by atoms with van der Waals surface area (Å²) in [4.78, 5) is 4.52. The predicted molar refractivity (Wildman–Crippen MR) is 50.2 cm³/mol. The molecule has 0 atom stereocenters. The summed E-state index contributed by atoms with van der Waals surface area (Å²) in [6.07, 6.45) is 0. The minimum absolute atomic E-state index is 0.605. The predicted octanol–water partition coefficient (Wildman–Crippen LogP) is 1.14. The molecule has 0 unspecified atom stereocenters. The van der Waals surface area contributed by atoms with Gasteiger partial charge in [0.05, 0.1) is 18.0 Å². The van der Waals surface area contributed by atoms with Gasteiger partial charge < -0.3 is 10.1 Å². The van der Waals surface area contributed by atoms with Gasteiger partial charge in [0.1, 0.15) is 0 Å². The second kappa shape index (κ2) is 3.44. The molecule has 0 bridgehead atoms. The van der Waals surface area contributed by atoms with Crippen LogP contribution < -0.4 is 5.32 Å². The fraction of sp³-hybridized carbons (Fsp3) is 0.500. The van der Waals surface area contributed by atoms with Gasteiger partial charge in [0, 0.05) is 20.2 Å². The normalized spacial score (nSPS) is 14.6. The van der Waals surface area contributed by atoms with Crippen molar-refractivity contribution in [1.82, 2.24) is 10.3 Å². The molecule has 2 rings (SSSR count). The highest BCUT2D eigenvalue weighted by molar-refractivity contribution is 5.34. The number of ether oxygens (including phenoxy) is 1. The number of aromatic nitrogens is 1. The van der Waals surface area contributed by atoms with Crippen LogP contribution in [0.1, 0.15) is 22.5 Å². The Kier molecular flexibility index (Phi) is 2.29. The van der Waals surface area contributed by atoms with Crippen LogP contribution in [-0.4, -0.2) is 12.1 Å². The number of rotatable bonds is 2. The first-order chi connectivity index (χ1) is 6.31. The van der Waals surface area contributed by atoms with Crippen LogP contribution in [0.2, 0.25) is 0 Å². The first kappa shape index (κ1) is 8.66. The number of nitrogens with zero attached hydrogens (tertiary/aromatic N) is 1. The van der Waals surface area contributed by atoms with Crippen LogP contribution >= 0.6 is 0 Å². The molecule has 0 amide bonds. The van der Waals surface area contributed by atoms with E-state index < -0.39 is 0 Å². The minimum Gasteiger partial charge on any atom is -0.378 e. The van der Waals surface area contributed by atoms with E-state index in [1.54, 1.807) is 7.11 Å². The summed E-state index contributed by atoms with van der Waals surface area (Å²) >= 11 is 0. The lowest BCUT2D eigenvalue weighted by Crippen LogP contribution is -2.01. The van der Waals surface area contributed by atoms with E-state index in [1.165, 1.54) is 16.8 Å². The molecule has 3 nitrogen and oxygen atoms in total. The summed E-state index contributed by atoms with van der Waals surface area (Å²) in [6, 6.07) is 2.11. The van der Waals surface area contributed by atoms with Crippen molar-refractivity contribution in [2.24, 2.45) is 0 Å². The topological polar surface area (TPSA) is 34.1 Å². The molecule has 0 fully saturated rings. The SMILES string of the molecule is COCc1cc(C)c2c(n1)CNC2. The number of pyridine rings is 1. The smallest absolute Gasteiger partial charge is 0.0884 e. The van der Waals surface area contributed by atoms with Crippen LogP contribution in [0.25, 0.3) is 0 Å². The molecule has 0 aliphatic carbocycles. The highest BCUT2D eigenvalue weighted by Gasteiger charge is 2.14. The standard InChI is InChI=1S/C10H14N2O/c1-7-3-8(6-13-2)12-10-5-11-4-9(7)10/h3,11H,4-6H2,1-2H3. The third-order valence-corrected chi connectivity index (χ3v) is 2.37. The zero-order valence-electron chi connectivity index (χ0n) is 8.05. The van der Waals surface area contributed by atoms with Gasteiger partial charge in [-0.25, -0.2) is 0 Å². The summed E-state index contributed by atoms with van der Waals surface area (Å²) in [5, 5.41) is 3.29. The van der Waals surface area contributed by atoms with E-state index in [4.69, 9.17) is 4.74 Å². The second-order valence-electron chi connectivity index (χ2n) is 3.39. The maximum Gasteiger partial charge on any atom is 0.0884 e. The first-order valence-electron chi connectivity index (χ1n) is 4.49. The number of hydrogen-bond donors (Lipinski definition) is 1. The van der Waals surface area contributed by atoms with E-state index in [1.807, 2.05) is 0 Å².